The zero-order valence-corrected chi connectivity index (χ0v) is 24.5. The Labute approximate surface area is 233 Å². The Balaban J connectivity index is 2.49. The number of methoxy groups -OCH3 is 1. The predicted molar refractivity (Wildman–Crippen MR) is 149 cm³/mol. The second kappa shape index (κ2) is 13.6. The summed E-state index contributed by atoms with van der Waals surface area (Å²) in [7, 11) is -2.46. The number of anilines is 1. The van der Waals surface area contributed by atoms with Crippen LogP contribution in [0.1, 0.15) is 39.2 Å². The van der Waals surface area contributed by atoms with Crippen molar-refractivity contribution in [3.05, 3.63) is 57.0 Å². The van der Waals surface area contributed by atoms with E-state index in [1.165, 1.54) is 30.2 Å². The molecular weight excluding hydrogens is 561 g/mol. The van der Waals surface area contributed by atoms with Crippen molar-refractivity contribution in [3.8, 4) is 5.75 Å². The fraction of sp³-hybridized carbons (Fsp3) is 0.440. The first kappa shape index (κ1) is 31.0. The fourth-order valence-corrected chi connectivity index (χ4v) is 5.03. The molecule has 0 spiro atoms. The number of carbonyl (C=O) groups excluding carboxylic acids is 2. The number of nitrogens with one attached hydrogen (secondary N) is 1. The molecule has 0 saturated carbocycles. The van der Waals surface area contributed by atoms with Gasteiger partial charge in [0.1, 0.15) is 18.3 Å². The first-order valence-electron chi connectivity index (χ1n) is 11.7. The minimum atomic E-state index is -3.90. The summed E-state index contributed by atoms with van der Waals surface area (Å²) in [4.78, 5) is 28.2. The zero-order valence-electron chi connectivity index (χ0n) is 21.4. The number of rotatable bonds is 12. The van der Waals surface area contributed by atoms with Crippen molar-refractivity contribution < 1.29 is 22.7 Å². The second-order valence-corrected chi connectivity index (χ2v) is 11.7. The molecule has 2 amide bonds. The molecule has 0 aromatic heterocycles. The van der Waals surface area contributed by atoms with Crippen LogP contribution in [0, 0.1) is 0 Å². The van der Waals surface area contributed by atoms with Crippen LogP contribution >= 0.6 is 34.8 Å². The minimum absolute atomic E-state index is 0.0170. The summed E-state index contributed by atoms with van der Waals surface area (Å²) >= 11 is 18.4. The van der Waals surface area contributed by atoms with Gasteiger partial charge in [-0.15, -0.1) is 0 Å². The number of sulfonamides is 1. The summed E-state index contributed by atoms with van der Waals surface area (Å²) in [5, 5.41) is 3.75. The zero-order chi connectivity index (χ0) is 27.9. The van der Waals surface area contributed by atoms with Crippen molar-refractivity contribution in [2.75, 3.05) is 24.2 Å². The molecular formula is C25H32Cl3N3O5S. The number of benzene rings is 2. The van der Waals surface area contributed by atoms with Crippen LogP contribution in [0.5, 0.6) is 5.75 Å². The van der Waals surface area contributed by atoms with E-state index in [1.807, 2.05) is 13.8 Å². The average Bonchev–Trinajstić information content (AvgIpc) is 2.83. The molecule has 2 rings (SSSR count). The molecule has 0 fully saturated rings. The maximum atomic E-state index is 13.7. The maximum absolute atomic E-state index is 13.7. The van der Waals surface area contributed by atoms with Gasteiger partial charge >= 0.3 is 0 Å². The molecule has 12 heteroatoms. The van der Waals surface area contributed by atoms with Crippen molar-refractivity contribution in [1.29, 1.82) is 0 Å². The number of halogens is 3. The van der Waals surface area contributed by atoms with Gasteiger partial charge in [-0.25, -0.2) is 8.42 Å². The second-order valence-electron chi connectivity index (χ2n) is 8.60. The van der Waals surface area contributed by atoms with E-state index in [-0.39, 0.29) is 29.2 Å². The molecule has 1 N–H and O–H groups in total. The van der Waals surface area contributed by atoms with Gasteiger partial charge in [0.15, 0.2) is 0 Å². The molecule has 0 aliphatic heterocycles. The number of hydrogen-bond donors (Lipinski definition) is 1. The lowest BCUT2D eigenvalue weighted by molar-refractivity contribution is -0.140. The molecule has 0 heterocycles. The molecule has 2 aromatic rings. The third kappa shape index (κ3) is 8.40. The fourth-order valence-electron chi connectivity index (χ4n) is 3.62. The molecule has 0 bridgehead atoms. The Hall–Kier alpha value is -2.20. The van der Waals surface area contributed by atoms with E-state index in [9.17, 15) is 18.0 Å². The van der Waals surface area contributed by atoms with Crippen molar-refractivity contribution in [2.45, 2.75) is 52.2 Å². The smallest absolute Gasteiger partial charge is 0.244 e. The summed E-state index contributed by atoms with van der Waals surface area (Å²) in [6.45, 7) is 5.07. The number of nitrogens with zero attached hydrogens (tertiary/aromatic N) is 2. The van der Waals surface area contributed by atoms with E-state index >= 15 is 0 Å². The van der Waals surface area contributed by atoms with Gasteiger partial charge in [0, 0.05) is 12.6 Å². The van der Waals surface area contributed by atoms with Gasteiger partial charge in [-0.2, -0.15) is 0 Å². The molecule has 204 valence electrons. The van der Waals surface area contributed by atoms with Crippen molar-refractivity contribution in [1.82, 2.24) is 10.2 Å². The van der Waals surface area contributed by atoms with E-state index in [0.29, 0.717) is 34.2 Å². The molecule has 2 atom stereocenters. The SMILES string of the molecule is CC[C@@H](C)NC(=O)[C@@H](CC)N(Cc1ccc(Cl)c(Cl)c1)C(=O)CN(c1ccc(OC)c(Cl)c1)S(C)(=O)=O. The average molecular weight is 593 g/mol. The topological polar surface area (TPSA) is 96.0 Å². The quantitative estimate of drug-likeness (QED) is 0.368. The van der Waals surface area contributed by atoms with Crippen LogP contribution in [0.2, 0.25) is 15.1 Å². The molecule has 0 aliphatic rings. The number of ether oxygens (including phenoxy) is 1. The summed E-state index contributed by atoms with van der Waals surface area (Å²) in [5.41, 5.74) is 0.823. The molecule has 0 saturated heterocycles. The van der Waals surface area contributed by atoms with Crippen molar-refractivity contribution in [3.63, 3.8) is 0 Å². The van der Waals surface area contributed by atoms with Crippen LogP contribution in [0.15, 0.2) is 36.4 Å². The Morgan fingerprint density at radius 1 is 1.00 bits per heavy atom. The molecule has 37 heavy (non-hydrogen) atoms. The third-order valence-electron chi connectivity index (χ3n) is 5.83. The normalized spacial score (nSPS) is 13.0. The molecule has 0 radical (unpaired) electrons. The summed E-state index contributed by atoms with van der Waals surface area (Å²) in [6, 6.07) is 8.38. The summed E-state index contributed by atoms with van der Waals surface area (Å²) in [5.74, 6) is -0.544. The first-order chi connectivity index (χ1) is 17.3. The number of hydrogen-bond acceptors (Lipinski definition) is 5. The maximum Gasteiger partial charge on any atom is 0.244 e. The van der Waals surface area contributed by atoms with Gasteiger partial charge in [-0.1, -0.05) is 54.7 Å². The Morgan fingerprint density at radius 3 is 2.19 bits per heavy atom. The van der Waals surface area contributed by atoms with E-state index < -0.39 is 28.5 Å². The molecule has 8 nitrogen and oxygen atoms in total. The van der Waals surface area contributed by atoms with Gasteiger partial charge in [-0.05, 0) is 55.7 Å². The highest BCUT2D eigenvalue weighted by molar-refractivity contribution is 7.92. The molecule has 0 aliphatic carbocycles. The van der Waals surface area contributed by atoms with E-state index in [2.05, 4.69) is 5.32 Å². The summed E-state index contributed by atoms with van der Waals surface area (Å²) < 4.78 is 31.5. The van der Waals surface area contributed by atoms with Crippen LogP contribution < -0.4 is 14.4 Å². The van der Waals surface area contributed by atoms with Crippen LogP contribution in [0.25, 0.3) is 0 Å². The Morgan fingerprint density at radius 2 is 1.68 bits per heavy atom. The highest BCUT2D eigenvalue weighted by Crippen LogP contribution is 2.30. The van der Waals surface area contributed by atoms with Crippen LogP contribution in [-0.2, 0) is 26.2 Å². The number of carbonyl (C=O) groups is 2. The highest BCUT2D eigenvalue weighted by atomic mass is 35.5. The van der Waals surface area contributed by atoms with Gasteiger partial charge in [0.25, 0.3) is 0 Å². The summed E-state index contributed by atoms with van der Waals surface area (Å²) in [6.07, 6.45) is 2.01. The van der Waals surface area contributed by atoms with Gasteiger partial charge in [0.05, 0.1) is 34.1 Å². The van der Waals surface area contributed by atoms with E-state index in [1.54, 1.807) is 25.1 Å². The Kier molecular flexibility index (Phi) is 11.4. The minimum Gasteiger partial charge on any atom is -0.495 e. The molecule has 0 unspecified atom stereocenters. The first-order valence-corrected chi connectivity index (χ1v) is 14.7. The lowest BCUT2D eigenvalue weighted by atomic mass is 10.1. The van der Waals surface area contributed by atoms with Crippen LogP contribution in [0.3, 0.4) is 0 Å². The van der Waals surface area contributed by atoms with Crippen molar-refractivity contribution in [2.24, 2.45) is 0 Å². The highest BCUT2D eigenvalue weighted by Gasteiger charge is 2.32. The van der Waals surface area contributed by atoms with Gasteiger partial charge in [0.2, 0.25) is 21.8 Å². The lowest BCUT2D eigenvalue weighted by Crippen LogP contribution is -2.53. The van der Waals surface area contributed by atoms with E-state index in [0.717, 1.165) is 10.6 Å². The van der Waals surface area contributed by atoms with Crippen molar-refractivity contribution >= 4 is 62.3 Å². The standard InChI is InChI=1S/C25H32Cl3N3O5S/c1-6-16(3)29-25(33)22(7-2)30(14-17-8-10-19(26)20(27)12-17)24(32)15-31(37(5,34)35)18-9-11-23(36-4)21(28)13-18/h8-13,16,22H,6-7,14-15H2,1-5H3,(H,29,33)/t16-,22-/m1/s1. The van der Waals surface area contributed by atoms with E-state index in [4.69, 9.17) is 39.5 Å². The lowest BCUT2D eigenvalue weighted by Gasteiger charge is -2.33. The van der Waals surface area contributed by atoms with Crippen LogP contribution in [0.4, 0.5) is 5.69 Å². The third-order valence-corrected chi connectivity index (χ3v) is 8.00. The largest absolute Gasteiger partial charge is 0.495 e. The van der Waals surface area contributed by atoms with Crippen LogP contribution in [-0.4, -0.2) is 57.1 Å². The van der Waals surface area contributed by atoms with Gasteiger partial charge < -0.3 is 15.0 Å². The Bertz CT molecular complexity index is 1230. The predicted octanol–water partition coefficient (Wildman–Crippen LogP) is 5.14. The number of amides is 2. The van der Waals surface area contributed by atoms with Gasteiger partial charge in [-0.3, -0.25) is 13.9 Å². The molecule has 2 aromatic carbocycles. The monoisotopic (exact) mass is 591 g/mol.